The number of hydrogen-bond donors (Lipinski definition) is 2. The van der Waals surface area contributed by atoms with E-state index < -0.39 is 0 Å². The Morgan fingerprint density at radius 2 is 2.15 bits per heavy atom. The van der Waals surface area contributed by atoms with Crippen molar-refractivity contribution in [1.82, 2.24) is 9.99 Å². The van der Waals surface area contributed by atoms with Crippen molar-refractivity contribution in [1.29, 1.82) is 0 Å². The van der Waals surface area contributed by atoms with Gasteiger partial charge in [-0.25, -0.2) is 4.68 Å². The summed E-state index contributed by atoms with van der Waals surface area (Å²) < 4.78 is 1.28. The summed E-state index contributed by atoms with van der Waals surface area (Å²) >= 11 is 0. The fourth-order valence-electron chi connectivity index (χ4n) is 3.02. The molecular formula is C16H21N3O. The van der Waals surface area contributed by atoms with Crippen molar-refractivity contribution in [2.24, 2.45) is 0 Å². The van der Waals surface area contributed by atoms with Crippen LogP contribution >= 0.6 is 0 Å². The van der Waals surface area contributed by atoms with Gasteiger partial charge in [0.15, 0.2) is 0 Å². The fraction of sp³-hybridized carbons (Fsp3) is 0.438. The van der Waals surface area contributed by atoms with Crippen molar-refractivity contribution in [3.8, 4) is 0 Å². The zero-order valence-corrected chi connectivity index (χ0v) is 11.6. The number of fused-ring (bicyclic) bond motifs is 1. The maximum atomic E-state index is 12.3. The second-order valence-electron chi connectivity index (χ2n) is 5.59. The highest BCUT2D eigenvalue weighted by molar-refractivity contribution is 5.79. The van der Waals surface area contributed by atoms with Crippen molar-refractivity contribution < 1.29 is 0 Å². The standard InChI is InChI=1S/C16H21N3O/c17-19-15-7-2-1-5-12(15)11-13(16(19)20)8-9-14-6-3-4-10-18-14/h1-2,5,7,11,14,18H,3-4,6,8-10,17H2. The van der Waals surface area contributed by atoms with E-state index in [0.29, 0.717) is 6.04 Å². The number of nitrogens with one attached hydrogen (secondary N) is 1. The Labute approximate surface area is 118 Å². The number of rotatable bonds is 3. The second kappa shape index (κ2) is 5.67. The first-order valence-corrected chi connectivity index (χ1v) is 7.38. The molecule has 20 heavy (non-hydrogen) atoms. The minimum Gasteiger partial charge on any atom is -0.336 e. The van der Waals surface area contributed by atoms with Crippen LogP contribution in [0.1, 0.15) is 31.2 Å². The van der Waals surface area contributed by atoms with Crippen LogP contribution in [-0.2, 0) is 6.42 Å². The monoisotopic (exact) mass is 271 g/mol. The molecule has 0 saturated carbocycles. The van der Waals surface area contributed by atoms with E-state index in [1.54, 1.807) is 0 Å². The van der Waals surface area contributed by atoms with E-state index in [1.807, 2.05) is 30.3 Å². The molecule has 2 heterocycles. The topological polar surface area (TPSA) is 60.0 Å². The van der Waals surface area contributed by atoms with Gasteiger partial charge in [0.25, 0.3) is 5.56 Å². The molecule has 4 heteroatoms. The molecule has 4 nitrogen and oxygen atoms in total. The number of aryl methyl sites for hydroxylation is 1. The Kier molecular flexibility index (Phi) is 3.74. The van der Waals surface area contributed by atoms with Gasteiger partial charge in [0, 0.05) is 17.0 Å². The molecule has 0 amide bonds. The van der Waals surface area contributed by atoms with Crippen molar-refractivity contribution in [3.05, 3.63) is 46.2 Å². The molecule has 3 rings (SSSR count). The molecule has 0 aliphatic carbocycles. The van der Waals surface area contributed by atoms with E-state index in [-0.39, 0.29) is 5.56 Å². The number of para-hydroxylation sites is 1. The SMILES string of the molecule is Nn1c(=O)c(CCC2CCCCN2)cc2ccccc21. The number of aromatic nitrogens is 1. The zero-order valence-electron chi connectivity index (χ0n) is 11.6. The van der Waals surface area contributed by atoms with E-state index in [9.17, 15) is 4.79 Å². The van der Waals surface area contributed by atoms with Crippen molar-refractivity contribution in [3.63, 3.8) is 0 Å². The van der Waals surface area contributed by atoms with E-state index in [4.69, 9.17) is 5.84 Å². The van der Waals surface area contributed by atoms with Crippen LogP contribution in [0.3, 0.4) is 0 Å². The van der Waals surface area contributed by atoms with Gasteiger partial charge >= 0.3 is 0 Å². The molecule has 1 fully saturated rings. The van der Waals surface area contributed by atoms with Gasteiger partial charge in [-0.2, -0.15) is 0 Å². The first-order chi connectivity index (χ1) is 9.75. The van der Waals surface area contributed by atoms with E-state index >= 15 is 0 Å². The van der Waals surface area contributed by atoms with Gasteiger partial charge in [-0.05, 0) is 44.4 Å². The third kappa shape index (κ3) is 2.56. The predicted molar refractivity (Wildman–Crippen MR) is 82.3 cm³/mol. The minimum atomic E-state index is -0.0699. The van der Waals surface area contributed by atoms with Crippen LogP contribution in [0.5, 0.6) is 0 Å². The molecule has 1 atom stereocenters. The van der Waals surface area contributed by atoms with Crippen LogP contribution in [0.15, 0.2) is 35.1 Å². The van der Waals surface area contributed by atoms with E-state index in [2.05, 4.69) is 5.32 Å². The maximum absolute atomic E-state index is 12.3. The van der Waals surface area contributed by atoms with Gasteiger partial charge in [0.1, 0.15) is 0 Å². The highest BCUT2D eigenvalue weighted by Gasteiger charge is 2.14. The first-order valence-electron chi connectivity index (χ1n) is 7.38. The summed E-state index contributed by atoms with van der Waals surface area (Å²) in [5, 5.41) is 4.55. The Morgan fingerprint density at radius 3 is 2.95 bits per heavy atom. The average molecular weight is 271 g/mol. The van der Waals surface area contributed by atoms with Crippen LogP contribution < -0.4 is 16.7 Å². The van der Waals surface area contributed by atoms with Gasteiger partial charge in [-0.15, -0.1) is 0 Å². The van der Waals surface area contributed by atoms with Gasteiger partial charge < -0.3 is 11.2 Å². The molecule has 0 bridgehead atoms. The molecule has 1 aromatic heterocycles. The Balaban J connectivity index is 1.84. The molecule has 3 N–H and O–H groups in total. The Hall–Kier alpha value is -1.81. The summed E-state index contributed by atoms with van der Waals surface area (Å²) in [5.41, 5.74) is 1.54. The van der Waals surface area contributed by atoms with Gasteiger partial charge in [-0.3, -0.25) is 4.79 Å². The van der Waals surface area contributed by atoms with E-state index in [1.165, 1.54) is 23.9 Å². The Morgan fingerprint density at radius 1 is 1.30 bits per heavy atom. The number of pyridine rings is 1. The van der Waals surface area contributed by atoms with Crippen molar-refractivity contribution in [2.45, 2.75) is 38.1 Å². The summed E-state index contributed by atoms with van der Waals surface area (Å²) in [4.78, 5) is 12.3. The van der Waals surface area contributed by atoms with Crippen LogP contribution in [0.2, 0.25) is 0 Å². The van der Waals surface area contributed by atoms with Gasteiger partial charge in [-0.1, -0.05) is 24.6 Å². The Bertz CT molecular complexity index is 656. The third-order valence-electron chi connectivity index (χ3n) is 4.19. The number of nitrogens with two attached hydrogens (primary N) is 1. The number of nitrogen functional groups attached to an aromatic ring is 1. The first kappa shape index (κ1) is 13.2. The summed E-state index contributed by atoms with van der Waals surface area (Å²) in [6, 6.07) is 10.3. The fourth-order valence-corrected chi connectivity index (χ4v) is 3.02. The number of hydrogen-bond acceptors (Lipinski definition) is 3. The number of benzene rings is 1. The molecule has 1 aromatic carbocycles. The molecule has 1 saturated heterocycles. The minimum absolute atomic E-state index is 0.0699. The lowest BCUT2D eigenvalue weighted by Gasteiger charge is -2.23. The smallest absolute Gasteiger partial charge is 0.272 e. The average Bonchev–Trinajstić information content (AvgIpc) is 2.50. The lowest BCUT2D eigenvalue weighted by Crippen LogP contribution is -2.35. The van der Waals surface area contributed by atoms with Crippen LogP contribution in [0.4, 0.5) is 0 Å². The summed E-state index contributed by atoms with van der Waals surface area (Å²) in [6.45, 7) is 1.10. The lowest BCUT2D eigenvalue weighted by atomic mass is 9.98. The second-order valence-corrected chi connectivity index (χ2v) is 5.59. The molecule has 0 radical (unpaired) electrons. The predicted octanol–water partition coefficient (Wildman–Crippen LogP) is 1.79. The van der Waals surface area contributed by atoms with Crippen molar-refractivity contribution >= 4 is 10.9 Å². The van der Waals surface area contributed by atoms with Crippen LogP contribution in [0, 0.1) is 0 Å². The molecule has 0 spiro atoms. The number of piperidine rings is 1. The van der Waals surface area contributed by atoms with Gasteiger partial charge in [0.2, 0.25) is 0 Å². The largest absolute Gasteiger partial charge is 0.336 e. The number of nitrogens with zero attached hydrogens (tertiary/aromatic N) is 1. The highest BCUT2D eigenvalue weighted by atomic mass is 16.1. The zero-order chi connectivity index (χ0) is 13.9. The van der Waals surface area contributed by atoms with Crippen LogP contribution in [-0.4, -0.2) is 17.3 Å². The summed E-state index contributed by atoms with van der Waals surface area (Å²) in [6.07, 6.45) is 5.56. The molecule has 1 aliphatic heterocycles. The van der Waals surface area contributed by atoms with Crippen LogP contribution in [0.25, 0.3) is 10.9 Å². The summed E-state index contributed by atoms with van der Waals surface area (Å²) in [5.74, 6) is 5.92. The van der Waals surface area contributed by atoms with Crippen molar-refractivity contribution in [2.75, 3.05) is 12.4 Å². The summed E-state index contributed by atoms with van der Waals surface area (Å²) in [7, 11) is 0. The molecule has 2 aromatic rings. The highest BCUT2D eigenvalue weighted by Crippen LogP contribution is 2.15. The third-order valence-corrected chi connectivity index (χ3v) is 4.19. The maximum Gasteiger partial charge on any atom is 0.272 e. The lowest BCUT2D eigenvalue weighted by molar-refractivity contribution is 0.382. The van der Waals surface area contributed by atoms with Gasteiger partial charge in [0.05, 0.1) is 5.52 Å². The molecule has 1 aliphatic rings. The normalized spacial score (nSPS) is 19.3. The molecule has 1 unspecified atom stereocenters. The van der Waals surface area contributed by atoms with E-state index in [0.717, 1.165) is 35.9 Å². The molecule has 106 valence electrons. The quantitative estimate of drug-likeness (QED) is 0.837. The molecular weight excluding hydrogens is 250 g/mol.